The Morgan fingerprint density at radius 2 is 2.00 bits per heavy atom. The Bertz CT molecular complexity index is 393. The Hall–Kier alpha value is -0.870. The third-order valence-corrected chi connectivity index (χ3v) is 3.00. The fourth-order valence-corrected chi connectivity index (χ4v) is 2.02. The van der Waals surface area contributed by atoms with Gasteiger partial charge in [-0.05, 0) is 34.4 Å². The van der Waals surface area contributed by atoms with Gasteiger partial charge in [0.15, 0.2) is 0 Å². The number of aryl methyl sites for hydroxylation is 1. The number of likely N-dealkylation sites (N-methyl/N-ethyl adjacent to an activating group) is 1. The van der Waals surface area contributed by atoms with Gasteiger partial charge in [0.25, 0.3) is 0 Å². The molecule has 0 aliphatic heterocycles. The van der Waals surface area contributed by atoms with Crippen molar-refractivity contribution in [1.29, 1.82) is 0 Å². The number of hydrogen-bond acceptors (Lipinski definition) is 4. The Labute approximate surface area is 115 Å². The van der Waals surface area contributed by atoms with Crippen LogP contribution >= 0.6 is 11.6 Å². The van der Waals surface area contributed by atoms with E-state index in [0.717, 1.165) is 36.6 Å². The fourth-order valence-electron chi connectivity index (χ4n) is 1.84. The highest BCUT2D eigenvalue weighted by molar-refractivity contribution is 6.30. The van der Waals surface area contributed by atoms with Crippen LogP contribution in [0.2, 0.25) is 5.15 Å². The van der Waals surface area contributed by atoms with Crippen LogP contribution in [0.1, 0.15) is 31.7 Å². The predicted molar refractivity (Wildman–Crippen MR) is 77.4 cm³/mol. The predicted octanol–water partition coefficient (Wildman–Crippen LogP) is 2.75. The van der Waals surface area contributed by atoms with Crippen LogP contribution in [0.5, 0.6) is 0 Å². The number of anilines is 1. The van der Waals surface area contributed by atoms with Crippen molar-refractivity contribution in [2.45, 2.75) is 39.7 Å². The highest BCUT2D eigenvalue weighted by Gasteiger charge is 2.11. The van der Waals surface area contributed by atoms with Crippen molar-refractivity contribution >= 4 is 17.4 Å². The molecule has 0 saturated carbocycles. The van der Waals surface area contributed by atoms with Crippen LogP contribution in [-0.2, 0) is 6.42 Å². The monoisotopic (exact) mass is 270 g/mol. The molecule has 0 saturated heterocycles. The normalized spacial score (nSPS) is 12.8. The molecule has 1 atom stereocenters. The van der Waals surface area contributed by atoms with E-state index in [1.165, 1.54) is 0 Å². The van der Waals surface area contributed by atoms with Crippen molar-refractivity contribution in [3.05, 3.63) is 16.5 Å². The van der Waals surface area contributed by atoms with Crippen molar-refractivity contribution in [2.24, 2.45) is 0 Å². The van der Waals surface area contributed by atoms with E-state index >= 15 is 0 Å². The molecule has 102 valence electrons. The molecular formula is C13H23ClN4. The highest BCUT2D eigenvalue weighted by atomic mass is 35.5. The average molecular weight is 271 g/mol. The minimum Gasteiger partial charge on any atom is -0.366 e. The summed E-state index contributed by atoms with van der Waals surface area (Å²) in [5, 5.41) is 3.95. The number of hydrogen-bond donors (Lipinski definition) is 1. The van der Waals surface area contributed by atoms with Crippen LogP contribution in [0, 0.1) is 6.92 Å². The van der Waals surface area contributed by atoms with Gasteiger partial charge in [0.1, 0.15) is 16.8 Å². The Morgan fingerprint density at radius 1 is 1.33 bits per heavy atom. The SMILES string of the molecule is CCCc1nc(Cl)c(C)c(NC(C)CN(C)C)n1. The molecular weight excluding hydrogens is 248 g/mol. The Balaban J connectivity index is 2.86. The van der Waals surface area contributed by atoms with Gasteiger partial charge in [-0.15, -0.1) is 0 Å². The zero-order valence-electron chi connectivity index (χ0n) is 11.9. The number of aromatic nitrogens is 2. The second kappa shape index (κ2) is 6.90. The molecule has 1 N–H and O–H groups in total. The highest BCUT2D eigenvalue weighted by Crippen LogP contribution is 2.21. The summed E-state index contributed by atoms with van der Waals surface area (Å²) in [6.07, 6.45) is 1.88. The molecule has 0 aliphatic carbocycles. The van der Waals surface area contributed by atoms with E-state index in [1.54, 1.807) is 0 Å². The van der Waals surface area contributed by atoms with Crippen LogP contribution < -0.4 is 5.32 Å². The molecule has 18 heavy (non-hydrogen) atoms. The summed E-state index contributed by atoms with van der Waals surface area (Å²) in [6.45, 7) is 7.14. The molecule has 1 heterocycles. The molecule has 0 fully saturated rings. The second-order valence-corrected chi connectivity index (χ2v) is 5.32. The minimum absolute atomic E-state index is 0.319. The summed E-state index contributed by atoms with van der Waals surface area (Å²) in [7, 11) is 4.11. The van der Waals surface area contributed by atoms with Crippen LogP contribution in [0.4, 0.5) is 5.82 Å². The molecule has 0 bridgehead atoms. The zero-order valence-corrected chi connectivity index (χ0v) is 12.7. The van der Waals surface area contributed by atoms with Crippen molar-refractivity contribution < 1.29 is 0 Å². The van der Waals surface area contributed by atoms with Gasteiger partial charge in [-0.1, -0.05) is 18.5 Å². The van der Waals surface area contributed by atoms with Gasteiger partial charge < -0.3 is 10.2 Å². The van der Waals surface area contributed by atoms with Gasteiger partial charge in [0, 0.05) is 24.6 Å². The van der Waals surface area contributed by atoms with E-state index in [0.29, 0.717) is 11.2 Å². The smallest absolute Gasteiger partial charge is 0.137 e. The van der Waals surface area contributed by atoms with Crippen molar-refractivity contribution in [1.82, 2.24) is 14.9 Å². The van der Waals surface area contributed by atoms with Crippen molar-refractivity contribution in [3.63, 3.8) is 0 Å². The molecule has 4 nitrogen and oxygen atoms in total. The maximum Gasteiger partial charge on any atom is 0.137 e. The van der Waals surface area contributed by atoms with E-state index < -0.39 is 0 Å². The lowest BCUT2D eigenvalue weighted by molar-refractivity contribution is 0.391. The molecule has 1 unspecified atom stereocenters. The third-order valence-electron chi connectivity index (χ3n) is 2.63. The van der Waals surface area contributed by atoms with Gasteiger partial charge in [0.2, 0.25) is 0 Å². The van der Waals surface area contributed by atoms with Gasteiger partial charge in [-0.3, -0.25) is 0 Å². The molecule has 1 aromatic heterocycles. The van der Waals surface area contributed by atoms with Gasteiger partial charge in [0.05, 0.1) is 0 Å². The van der Waals surface area contributed by atoms with E-state index in [2.05, 4.69) is 48.1 Å². The molecule has 1 aromatic rings. The lowest BCUT2D eigenvalue weighted by Crippen LogP contribution is -2.30. The van der Waals surface area contributed by atoms with E-state index in [-0.39, 0.29) is 0 Å². The first-order chi connectivity index (χ1) is 8.43. The molecule has 0 aliphatic rings. The average Bonchev–Trinajstić information content (AvgIpc) is 2.24. The van der Waals surface area contributed by atoms with Gasteiger partial charge >= 0.3 is 0 Å². The lowest BCUT2D eigenvalue weighted by atomic mass is 10.2. The summed E-state index contributed by atoms with van der Waals surface area (Å²) < 4.78 is 0. The number of rotatable bonds is 6. The zero-order chi connectivity index (χ0) is 13.7. The topological polar surface area (TPSA) is 41.1 Å². The maximum atomic E-state index is 6.14. The summed E-state index contributed by atoms with van der Waals surface area (Å²) in [5.41, 5.74) is 0.919. The first-order valence-corrected chi connectivity index (χ1v) is 6.76. The largest absolute Gasteiger partial charge is 0.366 e. The van der Waals surface area contributed by atoms with Gasteiger partial charge in [-0.2, -0.15) is 0 Å². The van der Waals surface area contributed by atoms with E-state index in [9.17, 15) is 0 Å². The van der Waals surface area contributed by atoms with Gasteiger partial charge in [-0.25, -0.2) is 9.97 Å². The molecule has 0 aromatic carbocycles. The van der Waals surface area contributed by atoms with E-state index in [4.69, 9.17) is 11.6 Å². The summed E-state index contributed by atoms with van der Waals surface area (Å²) >= 11 is 6.14. The number of nitrogens with one attached hydrogen (secondary N) is 1. The minimum atomic E-state index is 0.319. The molecule has 0 radical (unpaired) electrons. The summed E-state index contributed by atoms with van der Waals surface area (Å²) in [6, 6.07) is 0.319. The van der Waals surface area contributed by atoms with Crippen LogP contribution in [-0.4, -0.2) is 41.5 Å². The quantitative estimate of drug-likeness (QED) is 0.807. The van der Waals surface area contributed by atoms with Crippen molar-refractivity contribution in [2.75, 3.05) is 26.0 Å². The molecule has 1 rings (SSSR count). The van der Waals surface area contributed by atoms with Crippen LogP contribution in [0.15, 0.2) is 0 Å². The first-order valence-electron chi connectivity index (χ1n) is 6.38. The number of halogens is 1. The standard InChI is InChI=1S/C13H23ClN4/c1-6-7-11-16-12(14)10(3)13(17-11)15-9(2)8-18(4)5/h9H,6-8H2,1-5H3,(H,15,16,17). The summed E-state index contributed by atoms with van der Waals surface area (Å²) in [5.74, 6) is 1.67. The van der Waals surface area contributed by atoms with Crippen LogP contribution in [0.25, 0.3) is 0 Å². The lowest BCUT2D eigenvalue weighted by Gasteiger charge is -2.20. The van der Waals surface area contributed by atoms with Crippen molar-refractivity contribution in [3.8, 4) is 0 Å². The molecule has 0 spiro atoms. The Kier molecular flexibility index (Phi) is 5.82. The molecule has 5 heteroatoms. The van der Waals surface area contributed by atoms with E-state index in [1.807, 2.05) is 6.92 Å². The number of nitrogens with zero attached hydrogens (tertiary/aromatic N) is 3. The fraction of sp³-hybridized carbons (Fsp3) is 0.692. The Morgan fingerprint density at radius 3 is 2.56 bits per heavy atom. The maximum absolute atomic E-state index is 6.14. The third kappa shape index (κ3) is 4.42. The van der Waals surface area contributed by atoms with Crippen LogP contribution in [0.3, 0.4) is 0 Å². The second-order valence-electron chi connectivity index (χ2n) is 4.96. The summed E-state index contributed by atoms with van der Waals surface area (Å²) in [4.78, 5) is 11.0. The molecule has 0 amide bonds. The first kappa shape index (κ1) is 15.2.